The highest BCUT2D eigenvalue weighted by atomic mass is 32.2. The largest absolute Gasteiger partial charge is 0.375 e. The molecule has 0 aromatic heterocycles. The van der Waals surface area contributed by atoms with Crippen molar-refractivity contribution in [3.8, 4) is 0 Å². The van der Waals surface area contributed by atoms with Gasteiger partial charge in [0.2, 0.25) is 5.91 Å². The summed E-state index contributed by atoms with van der Waals surface area (Å²) in [6.45, 7) is 8.18. The second kappa shape index (κ2) is 7.21. The summed E-state index contributed by atoms with van der Waals surface area (Å²) in [5.41, 5.74) is 1.34. The van der Waals surface area contributed by atoms with Crippen molar-refractivity contribution in [2.24, 2.45) is 0 Å². The molecule has 2 N–H and O–H groups in total. The van der Waals surface area contributed by atoms with Gasteiger partial charge >= 0.3 is 0 Å². The van der Waals surface area contributed by atoms with Crippen LogP contribution in [0.2, 0.25) is 0 Å². The van der Waals surface area contributed by atoms with Gasteiger partial charge in [-0.1, -0.05) is 12.1 Å². The lowest BCUT2D eigenvalue weighted by molar-refractivity contribution is -0.123. The number of nitrogens with one attached hydrogen (secondary N) is 2. The average molecular weight is 354 g/mol. The molecule has 1 saturated heterocycles. The predicted molar refractivity (Wildman–Crippen MR) is 94.7 cm³/mol. The number of hydrogen-bond acceptors (Lipinski definition) is 5. The number of hydrogen-bond donors (Lipinski definition) is 2. The van der Waals surface area contributed by atoms with Crippen molar-refractivity contribution in [1.29, 1.82) is 0 Å². The molecule has 0 saturated carbocycles. The van der Waals surface area contributed by atoms with Crippen molar-refractivity contribution in [2.75, 3.05) is 18.5 Å². The quantitative estimate of drug-likeness (QED) is 0.860. The van der Waals surface area contributed by atoms with Crippen molar-refractivity contribution in [2.45, 2.75) is 50.3 Å². The summed E-state index contributed by atoms with van der Waals surface area (Å²) in [7, 11) is -3.22. The van der Waals surface area contributed by atoms with Gasteiger partial charge < -0.3 is 15.4 Å². The third-order valence-electron chi connectivity index (χ3n) is 4.11. The van der Waals surface area contributed by atoms with Gasteiger partial charge in [-0.25, -0.2) is 8.42 Å². The van der Waals surface area contributed by atoms with Crippen LogP contribution >= 0.6 is 0 Å². The van der Waals surface area contributed by atoms with Crippen LogP contribution in [0.4, 0.5) is 5.69 Å². The Bertz CT molecular complexity index is 678. The number of carbonyl (C=O) groups excluding carboxylic acids is 1. The number of anilines is 1. The van der Waals surface area contributed by atoms with Crippen LogP contribution in [0.5, 0.6) is 0 Å². The molecule has 24 heavy (non-hydrogen) atoms. The van der Waals surface area contributed by atoms with Crippen molar-refractivity contribution in [1.82, 2.24) is 5.32 Å². The van der Waals surface area contributed by atoms with Crippen LogP contribution in [0.15, 0.2) is 24.3 Å². The number of benzene rings is 1. The second-order valence-corrected chi connectivity index (χ2v) is 9.81. The molecule has 0 radical (unpaired) electrons. The van der Waals surface area contributed by atoms with Crippen LogP contribution in [0.1, 0.15) is 33.3 Å². The third-order valence-corrected chi connectivity index (χ3v) is 6.69. The Balaban J connectivity index is 2.01. The van der Waals surface area contributed by atoms with Gasteiger partial charge in [0.1, 0.15) is 6.04 Å². The minimum atomic E-state index is -3.22. The molecule has 1 heterocycles. The third kappa shape index (κ3) is 4.55. The van der Waals surface area contributed by atoms with Crippen LogP contribution in [0.25, 0.3) is 0 Å². The first-order valence-electron chi connectivity index (χ1n) is 8.07. The van der Waals surface area contributed by atoms with Gasteiger partial charge in [-0.05, 0) is 45.4 Å². The first-order valence-corrected chi connectivity index (χ1v) is 9.72. The molecule has 1 aromatic rings. The summed E-state index contributed by atoms with van der Waals surface area (Å²) >= 11 is 0. The van der Waals surface area contributed by atoms with Gasteiger partial charge in [0, 0.05) is 12.2 Å². The monoisotopic (exact) mass is 354 g/mol. The van der Waals surface area contributed by atoms with Gasteiger partial charge in [-0.3, -0.25) is 4.79 Å². The molecule has 2 atom stereocenters. The summed E-state index contributed by atoms with van der Waals surface area (Å²) in [4.78, 5) is 12.3. The highest BCUT2D eigenvalue weighted by molar-refractivity contribution is 7.91. The lowest BCUT2D eigenvalue weighted by Gasteiger charge is -2.29. The van der Waals surface area contributed by atoms with Gasteiger partial charge in [0.05, 0.1) is 23.2 Å². The van der Waals surface area contributed by atoms with Crippen LogP contribution in [-0.4, -0.2) is 44.4 Å². The first kappa shape index (κ1) is 18.9. The van der Waals surface area contributed by atoms with Crippen molar-refractivity contribution >= 4 is 21.4 Å². The van der Waals surface area contributed by atoms with E-state index in [1.165, 1.54) is 0 Å². The number of amides is 1. The second-order valence-electron chi connectivity index (χ2n) is 7.07. The normalized spacial score (nSPS) is 22.2. The van der Waals surface area contributed by atoms with E-state index in [4.69, 9.17) is 4.74 Å². The zero-order valence-electron chi connectivity index (χ0n) is 14.6. The summed E-state index contributed by atoms with van der Waals surface area (Å²) < 4.78 is 29.1. The first-order chi connectivity index (χ1) is 11.1. The van der Waals surface area contributed by atoms with Gasteiger partial charge in [-0.2, -0.15) is 0 Å². The Morgan fingerprint density at radius 3 is 2.46 bits per heavy atom. The highest BCUT2D eigenvalue weighted by Crippen LogP contribution is 2.21. The molecule has 7 heteroatoms. The Labute approximate surface area is 143 Å². The van der Waals surface area contributed by atoms with Crippen molar-refractivity contribution in [3.63, 3.8) is 0 Å². The Morgan fingerprint density at radius 1 is 1.29 bits per heavy atom. The van der Waals surface area contributed by atoms with Crippen molar-refractivity contribution < 1.29 is 17.9 Å². The fourth-order valence-electron chi connectivity index (χ4n) is 2.37. The fraction of sp³-hybridized carbons (Fsp3) is 0.588. The lowest BCUT2D eigenvalue weighted by Crippen LogP contribution is -2.53. The van der Waals surface area contributed by atoms with Crippen LogP contribution in [0, 0.1) is 0 Å². The molecule has 2 rings (SSSR count). The zero-order chi connectivity index (χ0) is 18.0. The van der Waals surface area contributed by atoms with Gasteiger partial charge in [-0.15, -0.1) is 0 Å². The van der Waals surface area contributed by atoms with Crippen LogP contribution < -0.4 is 10.6 Å². The summed E-state index contributed by atoms with van der Waals surface area (Å²) in [6, 6.07) is 6.51. The number of rotatable bonds is 4. The smallest absolute Gasteiger partial charge is 0.244 e. The SMILES string of the molecule is C[C@H]1OCCN[C@@H]1C(=O)Nc1ccc(CS(=O)(=O)C(C)(C)C)cc1. The average Bonchev–Trinajstić information content (AvgIpc) is 2.48. The number of carbonyl (C=O) groups is 1. The summed E-state index contributed by atoms with van der Waals surface area (Å²) in [5, 5.41) is 5.96. The molecule has 1 aliphatic heterocycles. The predicted octanol–water partition coefficient (Wildman–Crippen LogP) is 1.72. The standard InChI is InChI=1S/C17H26N2O4S/c1-12-15(18-9-10-23-12)16(20)19-14-7-5-13(6-8-14)11-24(21,22)17(2,3)4/h5-8,12,15,18H,9-11H2,1-4H3,(H,19,20)/t12-,15+/m1/s1. The molecule has 1 aromatic carbocycles. The van der Waals surface area contributed by atoms with Crippen LogP contribution in [-0.2, 0) is 25.1 Å². The maximum Gasteiger partial charge on any atom is 0.244 e. The number of sulfone groups is 1. The van der Waals surface area contributed by atoms with E-state index in [1.54, 1.807) is 45.0 Å². The van der Waals surface area contributed by atoms with E-state index in [2.05, 4.69) is 10.6 Å². The van der Waals surface area contributed by atoms with E-state index < -0.39 is 14.6 Å². The molecule has 1 fully saturated rings. The molecule has 0 bridgehead atoms. The molecular weight excluding hydrogens is 328 g/mol. The summed E-state index contributed by atoms with van der Waals surface area (Å²) in [6.07, 6.45) is -0.185. The minimum Gasteiger partial charge on any atom is -0.375 e. The molecule has 0 unspecified atom stereocenters. The zero-order valence-corrected chi connectivity index (χ0v) is 15.4. The van der Waals surface area contributed by atoms with E-state index in [-0.39, 0.29) is 23.8 Å². The molecule has 0 spiro atoms. The number of morpholine rings is 1. The van der Waals surface area contributed by atoms with E-state index in [0.717, 1.165) is 0 Å². The van der Waals surface area contributed by atoms with Gasteiger partial charge in [0.25, 0.3) is 0 Å². The maximum absolute atomic E-state index is 12.3. The van der Waals surface area contributed by atoms with E-state index in [1.807, 2.05) is 6.92 Å². The fourth-order valence-corrected chi connectivity index (χ4v) is 3.43. The van der Waals surface area contributed by atoms with Crippen LogP contribution in [0.3, 0.4) is 0 Å². The Kier molecular flexibility index (Phi) is 5.67. The maximum atomic E-state index is 12.3. The topological polar surface area (TPSA) is 84.5 Å². The molecule has 134 valence electrons. The molecule has 6 nitrogen and oxygen atoms in total. The Morgan fingerprint density at radius 2 is 1.92 bits per heavy atom. The van der Waals surface area contributed by atoms with E-state index in [0.29, 0.717) is 24.4 Å². The minimum absolute atomic E-state index is 0.0141. The highest BCUT2D eigenvalue weighted by Gasteiger charge is 2.29. The number of ether oxygens (including phenoxy) is 1. The van der Waals surface area contributed by atoms with E-state index in [9.17, 15) is 13.2 Å². The Hall–Kier alpha value is -1.44. The molecule has 1 amide bonds. The summed E-state index contributed by atoms with van der Waals surface area (Å²) in [5.74, 6) is -0.169. The molecule has 1 aliphatic rings. The molecular formula is C17H26N2O4S. The lowest BCUT2D eigenvalue weighted by atomic mass is 10.1. The van der Waals surface area contributed by atoms with Gasteiger partial charge in [0.15, 0.2) is 9.84 Å². The van der Waals surface area contributed by atoms with Crippen molar-refractivity contribution in [3.05, 3.63) is 29.8 Å². The van der Waals surface area contributed by atoms with E-state index >= 15 is 0 Å². The molecule has 0 aliphatic carbocycles.